The molecule has 168 valence electrons. The summed E-state index contributed by atoms with van der Waals surface area (Å²) in [4.78, 5) is 20.2. The first-order chi connectivity index (χ1) is 14.6. The Hall–Kier alpha value is -1.63. The highest BCUT2D eigenvalue weighted by Gasteiger charge is 2.30. The fourth-order valence-corrected chi connectivity index (χ4v) is 4.60. The Morgan fingerprint density at radius 3 is 2.50 bits per heavy atom. The van der Waals surface area contributed by atoms with E-state index >= 15 is 0 Å². The molecule has 0 radical (unpaired) electrons. The topological polar surface area (TPSA) is 48.1 Å². The average molecular weight is 417 g/mol. The van der Waals surface area contributed by atoms with Gasteiger partial charge in [0.25, 0.3) is 0 Å². The van der Waals surface area contributed by atoms with E-state index in [1.54, 1.807) is 0 Å². The number of benzene rings is 1. The summed E-state index contributed by atoms with van der Waals surface area (Å²) in [6, 6.07) is 8.70. The number of hydrogen-bond acceptors (Lipinski definition) is 5. The molecule has 6 heteroatoms. The fourth-order valence-electron chi connectivity index (χ4n) is 4.60. The van der Waals surface area contributed by atoms with Gasteiger partial charge in [0.2, 0.25) is 5.91 Å². The highest BCUT2D eigenvalue weighted by Crippen LogP contribution is 2.22. The minimum Gasteiger partial charge on any atom is -0.380 e. The first-order valence-corrected chi connectivity index (χ1v) is 11.8. The molecule has 1 N–H and O–H groups in total. The quantitative estimate of drug-likeness (QED) is 0.625. The molecule has 1 aromatic rings. The fraction of sp³-hybridized carbons (Fsp3) is 0.708. The molecule has 3 rings (SSSR count). The summed E-state index contributed by atoms with van der Waals surface area (Å²) >= 11 is 0. The van der Waals surface area contributed by atoms with Gasteiger partial charge in [-0.1, -0.05) is 6.92 Å². The molecule has 2 heterocycles. The van der Waals surface area contributed by atoms with Gasteiger partial charge in [0, 0.05) is 63.3 Å². The van der Waals surface area contributed by atoms with Crippen molar-refractivity contribution in [2.24, 2.45) is 0 Å². The molecular formula is C24H40N4O2. The molecule has 0 saturated carbocycles. The SMILES string of the molecule is CCOCCN1CCN(C(C)C(=O)Nc2ccc(N3CCCCC3)cc2)CC1CC. The van der Waals surface area contributed by atoms with Crippen LogP contribution < -0.4 is 10.2 Å². The Labute approximate surface area is 182 Å². The lowest BCUT2D eigenvalue weighted by atomic mass is 10.1. The standard InChI is InChI=1S/C24H40N4O2/c1-4-22-19-28(16-15-27(22)17-18-30-5-2)20(3)24(29)25-21-9-11-23(12-10-21)26-13-7-6-8-14-26/h9-12,20,22H,4-8,13-19H2,1-3H3,(H,25,29). The number of anilines is 2. The van der Waals surface area contributed by atoms with Crippen LogP contribution >= 0.6 is 0 Å². The maximum Gasteiger partial charge on any atom is 0.241 e. The Balaban J connectivity index is 1.50. The normalized spacial score (nSPS) is 22.1. The van der Waals surface area contributed by atoms with E-state index in [9.17, 15) is 4.79 Å². The predicted octanol–water partition coefficient (Wildman–Crippen LogP) is 3.44. The number of carbonyl (C=O) groups is 1. The number of piperidine rings is 1. The molecule has 2 fully saturated rings. The van der Waals surface area contributed by atoms with E-state index in [1.165, 1.54) is 24.9 Å². The third-order valence-electron chi connectivity index (χ3n) is 6.62. The second kappa shape index (κ2) is 11.7. The molecule has 30 heavy (non-hydrogen) atoms. The van der Waals surface area contributed by atoms with Crippen molar-refractivity contribution >= 4 is 17.3 Å². The molecule has 2 saturated heterocycles. The van der Waals surface area contributed by atoms with Gasteiger partial charge >= 0.3 is 0 Å². The first-order valence-electron chi connectivity index (χ1n) is 11.8. The van der Waals surface area contributed by atoms with E-state index in [4.69, 9.17) is 4.74 Å². The lowest BCUT2D eigenvalue weighted by molar-refractivity contribution is -0.122. The molecule has 0 aromatic heterocycles. The third kappa shape index (κ3) is 6.19. The van der Waals surface area contributed by atoms with Crippen molar-refractivity contribution < 1.29 is 9.53 Å². The number of carbonyl (C=O) groups excluding carboxylic acids is 1. The van der Waals surface area contributed by atoms with Crippen molar-refractivity contribution in [1.29, 1.82) is 0 Å². The summed E-state index contributed by atoms with van der Waals surface area (Å²) in [5.74, 6) is 0.0818. The summed E-state index contributed by atoms with van der Waals surface area (Å²) < 4.78 is 5.53. The number of hydrogen-bond donors (Lipinski definition) is 1. The molecule has 6 nitrogen and oxygen atoms in total. The number of rotatable bonds is 9. The van der Waals surface area contributed by atoms with Crippen molar-refractivity contribution in [1.82, 2.24) is 9.80 Å². The first kappa shape index (κ1) is 23.0. The maximum absolute atomic E-state index is 12.9. The molecule has 2 unspecified atom stereocenters. The molecular weight excluding hydrogens is 376 g/mol. The number of piperazine rings is 1. The van der Waals surface area contributed by atoms with Gasteiger partial charge < -0.3 is 15.0 Å². The van der Waals surface area contributed by atoms with Crippen molar-refractivity contribution in [3.8, 4) is 0 Å². The lowest BCUT2D eigenvalue weighted by Gasteiger charge is -2.43. The summed E-state index contributed by atoms with van der Waals surface area (Å²) in [5, 5.41) is 3.12. The number of amides is 1. The predicted molar refractivity (Wildman–Crippen MR) is 124 cm³/mol. The van der Waals surface area contributed by atoms with Crippen molar-refractivity contribution in [3.05, 3.63) is 24.3 Å². The molecule has 1 aromatic carbocycles. The molecule has 2 atom stereocenters. The van der Waals surface area contributed by atoms with Gasteiger partial charge in [0.1, 0.15) is 0 Å². The van der Waals surface area contributed by atoms with Gasteiger partial charge in [0.15, 0.2) is 0 Å². The maximum atomic E-state index is 12.9. The van der Waals surface area contributed by atoms with Crippen LogP contribution in [0.2, 0.25) is 0 Å². The molecule has 2 aliphatic heterocycles. The van der Waals surface area contributed by atoms with Gasteiger partial charge in [-0.2, -0.15) is 0 Å². The Bertz CT molecular complexity index is 645. The van der Waals surface area contributed by atoms with Gasteiger partial charge in [-0.05, 0) is 63.8 Å². The average Bonchev–Trinajstić information content (AvgIpc) is 2.80. The lowest BCUT2D eigenvalue weighted by Crippen LogP contribution is -2.57. The summed E-state index contributed by atoms with van der Waals surface area (Å²) in [6.45, 7) is 14.0. The zero-order chi connectivity index (χ0) is 21.3. The zero-order valence-electron chi connectivity index (χ0n) is 19.1. The Morgan fingerprint density at radius 2 is 1.83 bits per heavy atom. The summed E-state index contributed by atoms with van der Waals surface area (Å²) in [6.07, 6.45) is 4.97. The van der Waals surface area contributed by atoms with Crippen LogP contribution in [0.4, 0.5) is 11.4 Å². The van der Waals surface area contributed by atoms with Crippen LogP contribution in [0, 0.1) is 0 Å². The van der Waals surface area contributed by atoms with Crippen LogP contribution in [-0.2, 0) is 9.53 Å². The van der Waals surface area contributed by atoms with Crippen molar-refractivity contribution in [3.63, 3.8) is 0 Å². The van der Waals surface area contributed by atoms with E-state index in [0.29, 0.717) is 6.04 Å². The Kier molecular flexibility index (Phi) is 8.97. The van der Waals surface area contributed by atoms with Gasteiger partial charge in [-0.15, -0.1) is 0 Å². The number of ether oxygens (including phenoxy) is 1. The largest absolute Gasteiger partial charge is 0.380 e. The summed E-state index contributed by atoms with van der Waals surface area (Å²) in [7, 11) is 0. The molecule has 0 bridgehead atoms. The zero-order valence-corrected chi connectivity index (χ0v) is 19.1. The van der Waals surface area contributed by atoms with E-state index in [2.05, 4.69) is 39.1 Å². The third-order valence-corrected chi connectivity index (χ3v) is 6.62. The van der Waals surface area contributed by atoms with Crippen LogP contribution in [0.1, 0.15) is 46.5 Å². The minimum absolute atomic E-state index is 0.0818. The van der Waals surface area contributed by atoms with Crippen molar-refractivity contribution in [2.45, 2.75) is 58.5 Å². The molecule has 0 spiro atoms. The summed E-state index contributed by atoms with van der Waals surface area (Å²) in [5.41, 5.74) is 2.14. The molecule has 0 aliphatic carbocycles. The second-order valence-electron chi connectivity index (χ2n) is 8.55. The van der Waals surface area contributed by atoms with Crippen LogP contribution in [0.3, 0.4) is 0 Å². The second-order valence-corrected chi connectivity index (χ2v) is 8.55. The van der Waals surface area contributed by atoms with Gasteiger partial charge in [0.05, 0.1) is 12.6 Å². The monoisotopic (exact) mass is 416 g/mol. The molecule has 1 amide bonds. The highest BCUT2D eigenvalue weighted by atomic mass is 16.5. The van der Waals surface area contributed by atoms with Crippen LogP contribution in [-0.4, -0.2) is 80.3 Å². The van der Waals surface area contributed by atoms with E-state index < -0.39 is 0 Å². The Morgan fingerprint density at radius 1 is 1.10 bits per heavy atom. The molecule has 2 aliphatic rings. The van der Waals surface area contributed by atoms with Crippen molar-refractivity contribution in [2.75, 3.05) is 62.7 Å². The van der Waals surface area contributed by atoms with Gasteiger partial charge in [-0.25, -0.2) is 0 Å². The van der Waals surface area contributed by atoms with E-state index in [-0.39, 0.29) is 11.9 Å². The van der Waals surface area contributed by atoms with E-state index in [1.807, 2.05) is 26.0 Å². The minimum atomic E-state index is -0.130. The van der Waals surface area contributed by atoms with Crippen LogP contribution in [0.15, 0.2) is 24.3 Å². The number of nitrogens with zero attached hydrogens (tertiary/aromatic N) is 3. The highest BCUT2D eigenvalue weighted by molar-refractivity contribution is 5.94. The van der Waals surface area contributed by atoms with Crippen LogP contribution in [0.25, 0.3) is 0 Å². The van der Waals surface area contributed by atoms with E-state index in [0.717, 1.165) is 64.6 Å². The number of nitrogens with one attached hydrogen (secondary N) is 1. The van der Waals surface area contributed by atoms with Gasteiger partial charge in [-0.3, -0.25) is 14.6 Å². The van der Waals surface area contributed by atoms with Crippen LogP contribution in [0.5, 0.6) is 0 Å². The smallest absolute Gasteiger partial charge is 0.241 e.